The van der Waals surface area contributed by atoms with Gasteiger partial charge in [0.25, 0.3) is 0 Å². The topological polar surface area (TPSA) is 86.2 Å². The molecule has 4 aromatic rings. The Balaban J connectivity index is 1.44. The molecule has 34 heavy (non-hydrogen) atoms. The minimum Gasteiger partial charge on any atom is -0.495 e. The monoisotopic (exact) mass is 494 g/mol. The highest BCUT2D eigenvalue weighted by Gasteiger charge is 2.28. The number of nitrogens with one attached hydrogen (secondary N) is 1. The molecule has 0 radical (unpaired) electrons. The van der Waals surface area contributed by atoms with E-state index in [9.17, 15) is 4.79 Å². The van der Waals surface area contributed by atoms with Gasteiger partial charge in [0.1, 0.15) is 21.9 Å². The predicted octanol–water partition coefficient (Wildman–Crippen LogP) is 5.53. The molecule has 176 valence electrons. The number of carbonyl (C=O) groups excluding carboxylic acids is 1. The van der Waals surface area contributed by atoms with Crippen molar-refractivity contribution in [3.8, 4) is 5.75 Å². The van der Waals surface area contributed by atoms with Crippen LogP contribution in [0.1, 0.15) is 37.6 Å². The molecular weight excluding hydrogens is 468 g/mol. The number of hydrogen-bond donors (Lipinski definition) is 1. The number of pyridine rings is 1. The molecule has 0 aliphatic carbocycles. The van der Waals surface area contributed by atoms with Crippen LogP contribution < -0.4 is 10.1 Å². The third kappa shape index (κ3) is 4.35. The second-order valence-corrected chi connectivity index (χ2v) is 11.4. The summed E-state index contributed by atoms with van der Waals surface area (Å²) >= 11 is 3.00. The van der Waals surface area contributed by atoms with Crippen LogP contribution in [0, 0.1) is 6.92 Å². The molecule has 0 bridgehead atoms. The van der Waals surface area contributed by atoms with Gasteiger partial charge < -0.3 is 14.8 Å². The third-order valence-corrected chi connectivity index (χ3v) is 8.19. The molecule has 0 unspecified atom stereocenters. The quantitative estimate of drug-likeness (QED) is 0.288. The number of thioether (sulfide) groups is 1. The van der Waals surface area contributed by atoms with Crippen molar-refractivity contribution in [2.75, 3.05) is 12.4 Å². The Bertz CT molecular complexity index is 1420. The maximum absolute atomic E-state index is 13.0. The van der Waals surface area contributed by atoms with Crippen molar-refractivity contribution in [1.29, 1.82) is 0 Å². The second kappa shape index (κ2) is 8.79. The van der Waals surface area contributed by atoms with Gasteiger partial charge in [0, 0.05) is 17.4 Å². The summed E-state index contributed by atoms with van der Waals surface area (Å²) in [5.74, 6) is 0.516. The van der Waals surface area contributed by atoms with Crippen molar-refractivity contribution in [1.82, 2.24) is 15.0 Å². The average Bonchev–Trinajstić information content (AvgIpc) is 3.15. The van der Waals surface area contributed by atoms with E-state index in [0.717, 1.165) is 48.7 Å². The highest BCUT2D eigenvalue weighted by Crippen LogP contribution is 2.40. The first-order valence-electron chi connectivity index (χ1n) is 11.1. The van der Waals surface area contributed by atoms with Gasteiger partial charge in [-0.15, -0.1) is 11.3 Å². The number of benzene rings is 1. The number of aromatic nitrogens is 3. The molecule has 0 saturated carbocycles. The first-order chi connectivity index (χ1) is 16.2. The summed E-state index contributed by atoms with van der Waals surface area (Å²) in [6.07, 6.45) is 2.34. The van der Waals surface area contributed by atoms with Crippen molar-refractivity contribution >= 4 is 55.1 Å². The fourth-order valence-corrected chi connectivity index (χ4v) is 6.12. The SMILES string of the molecule is COc1ccc(C)cc1NC(=O)[C@@H](C)Sc1ncnc2c1sc1nc3c(cc12)COC(C)(C)C3. The molecule has 1 amide bonds. The van der Waals surface area contributed by atoms with Gasteiger partial charge in [-0.1, -0.05) is 17.8 Å². The predicted molar refractivity (Wildman–Crippen MR) is 137 cm³/mol. The summed E-state index contributed by atoms with van der Waals surface area (Å²) < 4.78 is 12.3. The Labute approximate surface area is 206 Å². The van der Waals surface area contributed by atoms with E-state index in [0.29, 0.717) is 18.0 Å². The molecule has 0 fully saturated rings. The van der Waals surface area contributed by atoms with E-state index in [2.05, 4.69) is 35.2 Å². The maximum atomic E-state index is 13.0. The van der Waals surface area contributed by atoms with Crippen molar-refractivity contribution in [3.63, 3.8) is 0 Å². The van der Waals surface area contributed by atoms with E-state index in [1.54, 1.807) is 24.8 Å². The van der Waals surface area contributed by atoms with Crippen molar-refractivity contribution < 1.29 is 14.3 Å². The fraction of sp³-hybridized carbons (Fsp3) is 0.360. The minimum atomic E-state index is -0.371. The minimum absolute atomic E-state index is 0.116. The van der Waals surface area contributed by atoms with Crippen LogP contribution >= 0.6 is 23.1 Å². The summed E-state index contributed by atoms with van der Waals surface area (Å²) in [4.78, 5) is 27.9. The molecule has 1 aromatic carbocycles. The van der Waals surface area contributed by atoms with Crippen LogP contribution in [0.25, 0.3) is 20.4 Å². The van der Waals surface area contributed by atoms with Crippen molar-refractivity contribution in [3.05, 3.63) is 47.4 Å². The van der Waals surface area contributed by atoms with Gasteiger partial charge in [-0.05, 0) is 51.5 Å². The Morgan fingerprint density at radius 3 is 2.91 bits per heavy atom. The zero-order chi connectivity index (χ0) is 24.0. The van der Waals surface area contributed by atoms with E-state index >= 15 is 0 Å². The lowest BCUT2D eigenvalue weighted by atomic mass is 9.95. The maximum Gasteiger partial charge on any atom is 0.237 e. The largest absolute Gasteiger partial charge is 0.495 e. The molecular formula is C25H26N4O3S2. The number of ether oxygens (including phenoxy) is 2. The van der Waals surface area contributed by atoms with Crippen molar-refractivity contribution in [2.24, 2.45) is 0 Å². The highest BCUT2D eigenvalue weighted by atomic mass is 32.2. The summed E-state index contributed by atoms with van der Waals surface area (Å²) in [5, 5.41) is 4.41. The fourth-order valence-electron chi connectivity index (χ4n) is 4.02. The highest BCUT2D eigenvalue weighted by molar-refractivity contribution is 8.00. The molecule has 7 nitrogen and oxygen atoms in total. The number of hydrogen-bond acceptors (Lipinski definition) is 8. The molecule has 1 aliphatic rings. The number of fused-ring (bicyclic) bond motifs is 4. The van der Waals surface area contributed by atoms with Crippen LogP contribution in [0.15, 0.2) is 35.6 Å². The number of aryl methyl sites for hydroxylation is 1. The van der Waals surface area contributed by atoms with Crippen LogP contribution in [-0.2, 0) is 22.6 Å². The lowest BCUT2D eigenvalue weighted by Crippen LogP contribution is -2.32. The first kappa shape index (κ1) is 23.0. The van der Waals surface area contributed by atoms with Gasteiger partial charge >= 0.3 is 0 Å². The molecule has 1 N–H and O–H groups in total. The summed E-state index contributed by atoms with van der Waals surface area (Å²) in [6.45, 7) is 8.58. The summed E-state index contributed by atoms with van der Waals surface area (Å²) in [6, 6.07) is 7.85. The number of thiophene rings is 1. The van der Waals surface area contributed by atoms with E-state index in [4.69, 9.17) is 14.5 Å². The second-order valence-electron chi connectivity index (χ2n) is 9.08. The number of carbonyl (C=O) groups is 1. The molecule has 5 rings (SSSR count). The number of amides is 1. The van der Waals surface area contributed by atoms with Crippen LogP contribution in [0.5, 0.6) is 5.75 Å². The van der Waals surface area contributed by atoms with E-state index in [1.165, 1.54) is 11.8 Å². The third-order valence-electron chi connectivity index (χ3n) is 5.86. The van der Waals surface area contributed by atoms with E-state index in [-0.39, 0.29) is 16.8 Å². The van der Waals surface area contributed by atoms with Gasteiger partial charge in [-0.2, -0.15) is 0 Å². The normalized spacial score (nSPS) is 15.8. The first-order valence-corrected chi connectivity index (χ1v) is 12.8. The Hall–Kier alpha value is -2.75. The van der Waals surface area contributed by atoms with Gasteiger partial charge in [0.2, 0.25) is 5.91 Å². The van der Waals surface area contributed by atoms with Crippen molar-refractivity contribution in [2.45, 2.75) is 56.6 Å². The van der Waals surface area contributed by atoms with Gasteiger partial charge in [0.05, 0.1) is 46.2 Å². The van der Waals surface area contributed by atoms with E-state index in [1.807, 2.05) is 32.0 Å². The van der Waals surface area contributed by atoms with Gasteiger partial charge in [-0.3, -0.25) is 4.79 Å². The number of nitrogens with zero attached hydrogens (tertiary/aromatic N) is 3. The van der Waals surface area contributed by atoms with E-state index < -0.39 is 0 Å². The van der Waals surface area contributed by atoms with Gasteiger partial charge in [0.15, 0.2) is 0 Å². The Morgan fingerprint density at radius 2 is 2.12 bits per heavy atom. The van der Waals surface area contributed by atoms with Crippen LogP contribution in [0.4, 0.5) is 5.69 Å². The number of anilines is 1. The summed E-state index contributed by atoms with van der Waals surface area (Å²) in [5.41, 5.74) is 4.55. The average molecular weight is 495 g/mol. The molecule has 1 aliphatic heterocycles. The Kier molecular flexibility index (Phi) is 5.95. The number of rotatable bonds is 5. The van der Waals surface area contributed by atoms with Crippen LogP contribution in [0.2, 0.25) is 0 Å². The molecule has 1 atom stereocenters. The Morgan fingerprint density at radius 1 is 1.29 bits per heavy atom. The standard InChI is InChI=1S/C25H26N4O3S2/c1-13-6-7-19(31-5)17(8-13)28-22(30)14(2)33-24-21-20(26-12-27-24)16-9-15-11-32-25(3,4)10-18(15)29-23(16)34-21/h6-9,12,14H,10-11H2,1-5H3,(H,28,30)/t14-/m1/s1. The zero-order valence-corrected chi connectivity index (χ0v) is 21.4. The lowest BCUT2D eigenvalue weighted by Gasteiger charge is -2.30. The summed E-state index contributed by atoms with van der Waals surface area (Å²) in [7, 11) is 1.59. The van der Waals surface area contributed by atoms with Gasteiger partial charge in [-0.25, -0.2) is 15.0 Å². The molecule has 4 heterocycles. The molecule has 0 spiro atoms. The lowest BCUT2D eigenvalue weighted by molar-refractivity contribution is -0.115. The zero-order valence-electron chi connectivity index (χ0n) is 19.8. The smallest absolute Gasteiger partial charge is 0.237 e. The molecule has 3 aromatic heterocycles. The molecule has 9 heteroatoms. The van der Waals surface area contributed by atoms with Crippen LogP contribution in [-0.4, -0.2) is 38.8 Å². The molecule has 0 saturated heterocycles. The number of methoxy groups -OCH3 is 1. The van der Waals surface area contributed by atoms with Crippen LogP contribution in [0.3, 0.4) is 0 Å².